The van der Waals surface area contributed by atoms with Crippen LogP contribution in [0.5, 0.6) is 0 Å². The number of ether oxygens (including phenoxy) is 1. The van der Waals surface area contributed by atoms with Crippen LogP contribution in [0.1, 0.15) is 12.5 Å². The van der Waals surface area contributed by atoms with Gasteiger partial charge in [0.05, 0.1) is 11.6 Å². The zero-order chi connectivity index (χ0) is 20.1. The van der Waals surface area contributed by atoms with Crippen LogP contribution < -0.4 is 10.5 Å². The summed E-state index contributed by atoms with van der Waals surface area (Å²) >= 11 is 0. The second-order valence-electron chi connectivity index (χ2n) is 6.62. The molecule has 0 bridgehead atoms. The number of H-pyrrole nitrogens is 1. The molecule has 4 rings (SSSR count). The normalized spacial score (nSPS) is 17.2. The third-order valence-corrected chi connectivity index (χ3v) is 4.72. The number of rotatable bonds is 2. The van der Waals surface area contributed by atoms with Gasteiger partial charge in [0.25, 0.3) is 5.56 Å². The van der Waals surface area contributed by atoms with E-state index in [1.807, 2.05) is 6.92 Å². The van der Waals surface area contributed by atoms with Crippen LogP contribution in [0.15, 0.2) is 53.3 Å². The summed E-state index contributed by atoms with van der Waals surface area (Å²) in [6, 6.07) is 11.2. The average Bonchev–Trinajstić information content (AvgIpc) is 2.99. The summed E-state index contributed by atoms with van der Waals surface area (Å²) in [5.74, 6) is 0. The predicted molar refractivity (Wildman–Crippen MR) is 98.3 cm³/mol. The number of halogens is 3. The molecule has 0 saturated carbocycles. The highest BCUT2D eigenvalue weighted by Gasteiger charge is 2.34. The number of amides is 1. The van der Waals surface area contributed by atoms with Crippen molar-refractivity contribution in [1.29, 1.82) is 0 Å². The van der Waals surface area contributed by atoms with Crippen molar-refractivity contribution >= 4 is 22.6 Å². The van der Waals surface area contributed by atoms with E-state index in [0.717, 1.165) is 6.07 Å². The minimum Gasteiger partial charge on any atom is -0.447 e. The van der Waals surface area contributed by atoms with Crippen molar-refractivity contribution in [3.8, 4) is 11.3 Å². The maximum absolute atomic E-state index is 13.3. The van der Waals surface area contributed by atoms with Gasteiger partial charge in [-0.25, -0.2) is 4.79 Å². The van der Waals surface area contributed by atoms with Crippen LogP contribution in [0.4, 0.5) is 23.7 Å². The lowest BCUT2D eigenvalue weighted by molar-refractivity contribution is -0.137. The molecule has 0 spiro atoms. The maximum Gasteiger partial charge on any atom is 0.417 e. The molecule has 1 fully saturated rings. The molecule has 2 heterocycles. The van der Waals surface area contributed by atoms with Crippen molar-refractivity contribution in [1.82, 2.24) is 4.98 Å². The molecule has 1 atom stereocenters. The number of fused-ring (bicyclic) bond motifs is 1. The lowest BCUT2D eigenvalue weighted by Crippen LogP contribution is -2.30. The first-order valence-corrected chi connectivity index (χ1v) is 8.55. The Kier molecular flexibility index (Phi) is 4.14. The van der Waals surface area contributed by atoms with E-state index in [-0.39, 0.29) is 29.3 Å². The third kappa shape index (κ3) is 3.00. The van der Waals surface area contributed by atoms with Gasteiger partial charge in [-0.2, -0.15) is 13.2 Å². The summed E-state index contributed by atoms with van der Waals surface area (Å²) in [7, 11) is 0. The van der Waals surface area contributed by atoms with E-state index in [4.69, 9.17) is 4.74 Å². The number of cyclic esters (lactones) is 1. The fraction of sp³-hybridized carbons (Fsp3) is 0.200. The first kappa shape index (κ1) is 18.1. The van der Waals surface area contributed by atoms with E-state index in [9.17, 15) is 22.8 Å². The van der Waals surface area contributed by atoms with Gasteiger partial charge in [-0.15, -0.1) is 0 Å². The molecule has 8 heteroatoms. The Labute approximate surface area is 157 Å². The van der Waals surface area contributed by atoms with E-state index in [0.29, 0.717) is 11.1 Å². The predicted octanol–water partition coefficient (Wildman–Crippen LogP) is 4.56. The molecule has 0 unspecified atom stereocenters. The van der Waals surface area contributed by atoms with Crippen molar-refractivity contribution in [2.45, 2.75) is 19.1 Å². The molecule has 144 valence electrons. The van der Waals surface area contributed by atoms with Crippen LogP contribution in [-0.2, 0) is 10.9 Å². The third-order valence-electron chi connectivity index (χ3n) is 4.72. The van der Waals surface area contributed by atoms with Crippen molar-refractivity contribution < 1.29 is 22.7 Å². The lowest BCUT2D eigenvalue weighted by Gasteiger charge is -2.18. The minimum absolute atomic E-state index is 0.0760. The summed E-state index contributed by atoms with van der Waals surface area (Å²) in [5, 5.41) is 0.748. The van der Waals surface area contributed by atoms with Crippen LogP contribution in [0.3, 0.4) is 0 Å². The molecular formula is C20H15F3N2O3. The van der Waals surface area contributed by atoms with E-state index < -0.39 is 23.4 Å². The molecular weight excluding hydrogens is 373 g/mol. The summed E-state index contributed by atoms with van der Waals surface area (Å²) < 4.78 is 44.9. The number of anilines is 1. The largest absolute Gasteiger partial charge is 0.447 e. The fourth-order valence-corrected chi connectivity index (χ4v) is 3.38. The molecule has 2 aromatic carbocycles. The highest BCUT2D eigenvalue weighted by Crippen LogP contribution is 2.36. The summed E-state index contributed by atoms with van der Waals surface area (Å²) in [4.78, 5) is 28.4. The summed E-state index contributed by atoms with van der Waals surface area (Å²) in [6.45, 7) is 2.07. The van der Waals surface area contributed by atoms with Gasteiger partial charge in [-0.3, -0.25) is 9.69 Å². The van der Waals surface area contributed by atoms with Crippen molar-refractivity contribution in [2.75, 3.05) is 11.5 Å². The highest BCUT2D eigenvalue weighted by atomic mass is 19.4. The maximum atomic E-state index is 13.3. The number of alkyl halides is 3. The lowest BCUT2D eigenvalue weighted by atomic mass is 10.0. The van der Waals surface area contributed by atoms with Crippen LogP contribution in [0.2, 0.25) is 0 Å². The molecule has 1 aliphatic heterocycles. The van der Waals surface area contributed by atoms with Gasteiger partial charge in [0, 0.05) is 22.3 Å². The molecule has 1 amide bonds. The fourth-order valence-electron chi connectivity index (χ4n) is 3.38. The molecule has 1 saturated heterocycles. The van der Waals surface area contributed by atoms with E-state index in [1.165, 1.54) is 35.2 Å². The number of carbonyl (C=O) groups excluding carboxylic acids is 1. The van der Waals surface area contributed by atoms with Crippen molar-refractivity contribution in [3.63, 3.8) is 0 Å². The Balaban J connectivity index is 1.85. The average molecular weight is 388 g/mol. The Morgan fingerprint density at radius 1 is 1.11 bits per heavy atom. The van der Waals surface area contributed by atoms with Gasteiger partial charge in [-0.05, 0) is 36.6 Å². The molecule has 0 aliphatic carbocycles. The Bertz CT molecular complexity index is 1140. The zero-order valence-corrected chi connectivity index (χ0v) is 14.7. The zero-order valence-electron chi connectivity index (χ0n) is 14.7. The van der Waals surface area contributed by atoms with Gasteiger partial charge in [0.1, 0.15) is 6.61 Å². The SMILES string of the molecule is C[C@@H]1COC(=O)N1c1ccc2cc(-c3ccccc3C(F)(F)F)[nH]c(=O)c2c1. The number of aromatic amines is 1. The topological polar surface area (TPSA) is 62.4 Å². The van der Waals surface area contributed by atoms with E-state index in [1.54, 1.807) is 12.1 Å². The quantitative estimate of drug-likeness (QED) is 0.700. The molecule has 1 N–H and O–H groups in total. The van der Waals surface area contributed by atoms with Crippen LogP contribution >= 0.6 is 0 Å². The smallest absolute Gasteiger partial charge is 0.417 e. The summed E-state index contributed by atoms with van der Waals surface area (Å²) in [6.07, 6.45) is -5.04. The van der Waals surface area contributed by atoms with Gasteiger partial charge < -0.3 is 9.72 Å². The number of hydrogen-bond acceptors (Lipinski definition) is 3. The van der Waals surface area contributed by atoms with Crippen LogP contribution in [0, 0.1) is 0 Å². The van der Waals surface area contributed by atoms with Gasteiger partial charge in [0.15, 0.2) is 0 Å². The first-order valence-electron chi connectivity index (χ1n) is 8.55. The standard InChI is InChI=1S/C20H15F3N2O3/c1-11-10-28-19(27)25(11)13-7-6-12-8-17(24-18(26)15(12)9-13)14-4-2-3-5-16(14)20(21,22)23/h2-9,11H,10H2,1H3,(H,24,26)/t11-/m1/s1. The van der Waals surface area contributed by atoms with Crippen molar-refractivity contribution in [2.24, 2.45) is 0 Å². The number of pyridine rings is 1. The summed E-state index contributed by atoms with van der Waals surface area (Å²) in [5.41, 5.74) is -0.889. The van der Waals surface area contributed by atoms with E-state index >= 15 is 0 Å². The molecule has 1 aliphatic rings. The molecule has 28 heavy (non-hydrogen) atoms. The monoisotopic (exact) mass is 388 g/mol. The van der Waals surface area contributed by atoms with Gasteiger partial charge in [-0.1, -0.05) is 24.3 Å². The van der Waals surface area contributed by atoms with Gasteiger partial charge in [0.2, 0.25) is 0 Å². The molecule has 1 aromatic heterocycles. The molecule has 5 nitrogen and oxygen atoms in total. The number of carbonyl (C=O) groups is 1. The number of benzene rings is 2. The molecule has 0 radical (unpaired) electrons. The number of aromatic nitrogens is 1. The van der Waals surface area contributed by atoms with Crippen LogP contribution in [0.25, 0.3) is 22.0 Å². The number of nitrogens with zero attached hydrogens (tertiary/aromatic N) is 1. The van der Waals surface area contributed by atoms with Crippen molar-refractivity contribution in [3.05, 3.63) is 64.4 Å². The highest BCUT2D eigenvalue weighted by molar-refractivity contribution is 5.95. The van der Waals surface area contributed by atoms with Gasteiger partial charge >= 0.3 is 12.3 Å². The first-order chi connectivity index (χ1) is 13.3. The second-order valence-corrected chi connectivity index (χ2v) is 6.62. The Morgan fingerprint density at radius 3 is 2.54 bits per heavy atom. The van der Waals surface area contributed by atoms with E-state index in [2.05, 4.69) is 4.98 Å². The Morgan fingerprint density at radius 2 is 1.86 bits per heavy atom. The number of nitrogens with one attached hydrogen (secondary N) is 1. The Hall–Kier alpha value is -3.29. The van der Waals surface area contributed by atoms with Crippen LogP contribution in [-0.4, -0.2) is 23.7 Å². The second kappa shape index (κ2) is 6.40. The number of hydrogen-bond donors (Lipinski definition) is 1. The minimum atomic E-state index is -4.54. The molecule has 3 aromatic rings.